The van der Waals surface area contributed by atoms with E-state index in [-0.39, 0.29) is 6.04 Å². The lowest BCUT2D eigenvalue weighted by Crippen LogP contribution is -2.44. The summed E-state index contributed by atoms with van der Waals surface area (Å²) >= 11 is 3.68. The van der Waals surface area contributed by atoms with Gasteiger partial charge in [-0.15, -0.1) is 0 Å². The number of nitrogens with two attached hydrogens (primary N) is 1. The topological polar surface area (TPSA) is 41.3 Å². The van der Waals surface area contributed by atoms with Crippen molar-refractivity contribution in [2.75, 3.05) is 31.1 Å². The Balaban J connectivity index is 2.03. The van der Waals surface area contributed by atoms with Crippen LogP contribution >= 0.6 is 15.9 Å². The Morgan fingerprint density at radius 2 is 2.06 bits per heavy atom. The van der Waals surface area contributed by atoms with Crippen molar-refractivity contribution in [3.05, 3.63) is 27.7 Å². The Morgan fingerprint density at radius 1 is 1.28 bits per heavy atom. The van der Waals surface area contributed by atoms with Crippen molar-refractivity contribution in [2.45, 2.75) is 25.3 Å². The van der Waals surface area contributed by atoms with Gasteiger partial charge in [0.15, 0.2) is 0 Å². The summed E-state index contributed by atoms with van der Waals surface area (Å²) in [4.78, 5) is 2.48. The summed E-state index contributed by atoms with van der Waals surface area (Å²) in [6.07, 6.45) is 3.48. The van der Waals surface area contributed by atoms with E-state index in [4.69, 9.17) is 5.73 Å². The first-order chi connectivity index (χ1) is 8.77. The zero-order chi connectivity index (χ0) is 12.5. The molecule has 0 spiro atoms. The third-order valence-corrected chi connectivity index (χ3v) is 4.79. The molecule has 0 radical (unpaired) electrons. The lowest BCUT2D eigenvalue weighted by molar-refractivity contribution is 0.554. The lowest BCUT2D eigenvalue weighted by atomic mass is 9.86. The number of piperazine rings is 1. The van der Waals surface area contributed by atoms with Gasteiger partial charge in [-0.3, -0.25) is 0 Å². The van der Waals surface area contributed by atoms with E-state index in [2.05, 4.69) is 38.3 Å². The van der Waals surface area contributed by atoms with Crippen LogP contribution in [0.25, 0.3) is 0 Å². The second-order valence-corrected chi connectivity index (χ2v) is 6.05. The maximum absolute atomic E-state index is 6.36. The molecule has 3 rings (SSSR count). The van der Waals surface area contributed by atoms with Crippen molar-refractivity contribution >= 4 is 21.6 Å². The maximum atomic E-state index is 6.36. The minimum absolute atomic E-state index is 0.205. The molecule has 3 N–H and O–H groups in total. The molecule has 1 aromatic rings. The molecule has 2 aliphatic rings. The van der Waals surface area contributed by atoms with Crippen LogP contribution < -0.4 is 16.0 Å². The van der Waals surface area contributed by atoms with Crippen molar-refractivity contribution in [3.63, 3.8) is 0 Å². The van der Waals surface area contributed by atoms with Crippen molar-refractivity contribution in [1.29, 1.82) is 0 Å². The number of hydrogen-bond donors (Lipinski definition) is 2. The molecule has 3 nitrogen and oxygen atoms in total. The van der Waals surface area contributed by atoms with Crippen molar-refractivity contribution in [1.82, 2.24) is 5.32 Å². The van der Waals surface area contributed by atoms with E-state index in [0.29, 0.717) is 0 Å². The molecule has 1 aliphatic carbocycles. The van der Waals surface area contributed by atoms with Gasteiger partial charge in [0, 0.05) is 42.4 Å². The molecule has 1 aromatic carbocycles. The molecule has 98 valence electrons. The summed E-state index contributed by atoms with van der Waals surface area (Å²) in [7, 11) is 0. The summed E-state index contributed by atoms with van der Waals surface area (Å²) in [5.41, 5.74) is 10.5. The SMILES string of the molecule is NC1CCCc2c(Br)ccc(N3CCNCC3)c21. The van der Waals surface area contributed by atoms with Gasteiger partial charge >= 0.3 is 0 Å². The predicted molar refractivity (Wildman–Crippen MR) is 79.1 cm³/mol. The molecule has 1 aliphatic heterocycles. The molecule has 0 saturated carbocycles. The van der Waals surface area contributed by atoms with Crippen LogP contribution in [0.3, 0.4) is 0 Å². The molecule has 1 fully saturated rings. The normalized spacial score (nSPS) is 23.9. The van der Waals surface area contributed by atoms with Crippen LogP contribution in [0.1, 0.15) is 30.0 Å². The number of benzene rings is 1. The smallest absolute Gasteiger partial charge is 0.0419 e. The van der Waals surface area contributed by atoms with E-state index < -0.39 is 0 Å². The Kier molecular flexibility index (Phi) is 3.59. The fraction of sp³-hybridized carbons (Fsp3) is 0.571. The minimum Gasteiger partial charge on any atom is -0.369 e. The monoisotopic (exact) mass is 309 g/mol. The number of nitrogens with zero attached hydrogens (tertiary/aromatic N) is 1. The van der Waals surface area contributed by atoms with Crippen LogP contribution in [0.15, 0.2) is 16.6 Å². The van der Waals surface area contributed by atoms with E-state index in [1.54, 1.807) is 0 Å². The largest absolute Gasteiger partial charge is 0.369 e. The first-order valence-corrected chi connectivity index (χ1v) is 7.59. The average molecular weight is 310 g/mol. The van der Waals surface area contributed by atoms with Gasteiger partial charge in [-0.1, -0.05) is 15.9 Å². The first kappa shape index (κ1) is 12.5. The molecule has 4 heteroatoms. The molecule has 1 saturated heterocycles. The van der Waals surface area contributed by atoms with Crippen LogP contribution in [0.5, 0.6) is 0 Å². The fourth-order valence-corrected chi connectivity index (χ4v) is 3.66. The van der Waals surface area contributed by atoms with Gasteiger partial charge in [-0.2, -0.15) is 0 Å². The van der Waals surface area contributed by atoms with Crippen molar-refractivity contribution in [2.24, 2.45) is 5.73 Å². The molecule has 0 amide bonds. The number of rotatable bonds is 1. The Bertz CT molecular complexity index is 441. The van der Waals surface area contributed by atoms with E-state index in [1.165, 1.54) is 27.7 Å². The van der Waals surface area contributed by atoms with E-state index >= 15 is 0 Å². The zero-order valence-electron chi connectivity index (χ0n) is 10.6. The highest BCUT2D eigenvalue weighted by molar-refractivity contribution is 9.10. The zero-order valence-corrected chi connectivity index (χ0v) is 12.2. The van der Waals surface area contributed by atoms with Crippen LogP contribution in [-0.2, 0) is 6.42 Å². The number of hydrogen-bond acceptors (Lipinski definition) is 3. The van der Waals surface area contributed by atoms with E-state index in [9.17, 15) is 0 Å². The molecule has 0 aromatic heterocycles. The van der Waals surface area contributed by atoms with Gasteiger partial charge in [0.25, 0.3) is 0 Å². The fourth-order valence-electron chi connectivity index (χ4n) is 3.12. The van der Waals surface area contributed by atoms with Crippen LogP contribution in [-0.4, -0.2) is 26.2 Å². The summed E-state index contributed by atoms with van der Waals surface area (Å²) in [6.45, 7) is 4.31. The highest BCUT2D eigenvalue weighted by Gasteiger charge is 2.25. The summed E-state index contributed by atoms with van der Waals surface area (Å²) in [5.74, 6) is 0. The quantitative estimate of drug-likeness (QED) is 0.835. The highest BCUT2D eigenvalue weighted by atomic mass is 79.9. The standard InChI is InChI=1S/C14H20BrN3/c15-11-4-5-13(18-8-6-17-7-9-18)14-10(11)2-1-3-12(14)16/h4-5,12,17H,1-3,6-9,16H2. The Hall–Kier alpha value is -0.580. The van der Waals surface area contributed by atoms with Crippen LogP contribution in [0.4, 0.5) is 5.69 Å². The molecule has 1 heterocycles. The van der Waals surface area contributed by atoms with Crippen molar-refractivity contribution in [3.8, 4) is 0 Å². The third-order valence-electron chi connectivity index (χ3n) is 4.05. The van der Waals surface area contributed by atoms with Gasteiger partial charge in [-0.05, 0) is 42.5 Å². The molecular weight excluding hydrogens is 290 g/mol. The minimum atomic E-state index is 0.205. The summed E-state index contributed by atoms with van der Waals surface area (Å²) in [5, 5.41) is 3.40. The molecule has 0 bridgehead atoms. The number of halogens is 1. The van der Waals surface area contributed by atoms with Gasteiger partial charge in [0.2, 0.25) is 0 Å². The molecule has 1 unspecified atom stereocenters. The molecular formula is C14H20BrN3. The molecule has 18 heavy (non-hydrogen) atoms. The van der Waals surface area contributed by atoms with Gasteiger partial charge < -0.3 is 16.0 Å². The maximum Gasteiger partial charge on any atom is 0.0419 e. The summed E-state index contributed by atoms with van der Waals surface area (Å²) in [6, 6.07) is 4.63. The first-order valence-electron chi connectivity index (χ1n) is 6.80. The Morgan fingerprint density at radius 3 is 2.83 bits per heavy atom. The second-order valence-electron chi connectivity index (χ2n) is 5.19. The highest BCUT2D eigenvalue weighted by Crippen LogP contribution is 2.39. The van der Waals surface area contributed by atoms with Gasteiger partial charge in [0.1, 0.15) is 0 Å². The van der Waals surface area contributed by atoms with Crippen LogP contribution in [0, 0.1) is 0 Å². The Labute approximate surface area is 117 Å². The lowest BCUT2D eigenvalue weighted by Gasteiger charge is -2.35. The number of anilines is 1. The third kappa shape index (κ3) is 2.17. The number of nitrogens with one attached hydrogen (secondary N) is 1. The van der Waals surface area contributed by atoms with Gasteiger partial charge in [0.05, 0.1) is 0 Å². The van der Waals surface area contributed by atoms with Crippen molar-refractivity contribution < 1.29 is 0 Å². The van der Waals surface area contributed by atoms with Crippen LogP contribution in [0.2, 0.25) is 0 Å². The number of fused-ring (bicyclic) bond motifs is 1. The average Bonchev–Trinajstić information content (AvgIpc) is 2.41. The second kappa shape index (κ2) is 5.19. The summed E-state index contributed by atoms with van der Waals surface area (Å²) < 4.78 is 1.23. The predicted octanol–water partition coefficient (Wildman–Crippen LogP) is 2.19. The van der Waals surface area contributed by atoms with Gasteiger partial charge in [-0.25, -0.2) is 0 Å². The van der Waals surface area contributed by atoms with E-state index in [1.807, 2.05) is 0 Å². The molecule has 1 atom stereocenters. The van der Waals surface area contributed by atoms with E-state index in [0.717, 1.165) is 39.0 Å².